The van der Waals surface area contributed by atoms with Crippen LogP contribution in [0.25, 0.3) is 0 Å². The number of carbonyl (C=O) groups excluding carboxylic acids is 11. The molecule has 20 N–H and O–H groups in total. The zero-order valence-electron chi connectivity index (χ0n) is 72.2. The molecule has 0 aliphatic carbocycles. The Bertz CT molecular complexity index is 2830. The summed E-state index contributed by atoms with van der Waals surface area (Å²) in [6, 6.07) is -3.28. The summed E-state index contributed by atoms with van der Waals surface area (Å²) >= 11 is 0. The van der Waals surface area contributed by atoms with Crippen LogP contribution >= 0.6 is 0 Å². The van der Waals surface area contributed by atoms with Crippen LogP contribution in [-0.2, 0) is 95.4 Å². The van der Waals surface area contributed by atoms with Gasteiger partial charge in [0.25, 0.3) is 0 Å². The van der Waals surface area contributed by atoms with E-state index in [1.807, 2.05) is 4.90 Å². The van der Waals surface area contributed by atoms with Gasteiger partial charge in [-0.25, -0.2) is 0 Å². The highest BCUT2D eigenvalue weighted by atomic mass is 16.7. The minimum Gasteiger partial charge on any atom is -0.394 e. The lowest BCUT2D eigenvalue weighted by Gasteiger charge is -2.42. The third kappa shape index (κ3) is 43.5. The predicted molar refractivity (Wildman–Crippen MR) is 436 cm³/mol. The van der Waals surface area contributed by atoms with E-state index in [1.165, 1.54) is 20.8 Å². The SMILES string of the molecule is CC(=O)NC1C(OCCCCC(=O)NCCCNC(=O)CCOCC(COCCC(=O)NCCCNC(=O)CCCCOC2OC(CO)C(O)C(O)C2NC(C)=O)(COCCC(=O)NCCCNC(=O)CCCCOC2OC(CO)C(O)C(O)C2NC(C)=O)NC(=O)CCCCCCCCC(=O)N2C[C@H](O)C[C@H]2CCC(C)(C)C)OC(CO)C(O)C1O. The highest BCUT2D eigenvalue weighted by Gasteiger charge is 2.48. The lowest BCUT2D eigenvalue weighted by Crippen LogP contribution is -2.64. The molecule has 0 aromatic heterocycles. The van der Waals surface area contributed by atoms with Crippen molar-refractivity contribution >= 4 is 65.0 Å². The molecular weight excluding hydrogens is 1610 g/mol. The molecule has 4 aliphatic rings. The van der Waals surface area contributed by atoms with Gasteiger partial charge in [0.15, 0.2) is 18.9 Å². The van der Waals surface area contributed by atoms with Gasteiger partial charge in [-0.3, -0.25) is 52.7 Å². The highest BCUT2D eigenvalue weighted by molar-refractivity contribution is 5.79. The average molecular weight is 1750 g/mol. The molecule has 4 heterocycles. The van der Waals surface area contributed by atoms with E-state index in [1.54, 1.807) is 0 Å². The van der Waals surface area contributed by atoms with E-state index in [-0.39, 0.29) is 202 Å². The second kappa shape index (κ2) is 60.2. The van der Waals surface area contributed by atoms with E-state index in [0.29, 0.717) is 96.4 Å². The van der Waals surface area contributed by atoms with Crippen LogP contribution in [0.3, 0.4) is 0 Å². The van der Waals surface area contributed by atoms with E-state index in [4.69, 9.17) is 42.6 Å². The summed E-state index contributed by atoms with van der Waals surface area (Å²) in [7, 11) is 0. The quantitative estimate of drug-likeness (QED) is 0.0260. The molecule has 704 valence electrons. The number of nitrogens with one attached hydrogen (secondary N) is 10. The van der Waals surface area contributed by atoms with Crippen molar-refractivity contribution in [2.24, 2.45) is 5.41 Å². The fourth-order valence-corrected chi connectivity index (χ4v) is 14.1. The molecule has 4 fully saturated rings. The third-order valence-electron chi connectivity index (χ3n) is 20.9. The average Bonchev–Trinajstić information content (AvgIpc) is 0.905. The van der Waals surface area contributed by atoms with Crippen molar-refractivity contribution in [1.82, 2.24) is 58.1 Å². The molecule has 4 saturated heterocycles. The molecule has 0 bridgehead atoms. The minimum absolute atomic E-state index is 0.0214. The molecule has 4 rings (SSSR count). The first-order valence-electron chi connectivity index (χ1n) is 43.4. The molecule has 11 amide bonds. The standard InChI is InChI=1S/C81H145N11O30/c1-52(96)88-68-74(111)71(108)57(46-93)120-77(68)117-38-16-13-22-60(100)82-32-19-35-85-63(103)28-41-114-49-81(91-66(106)25-11-9-7-8-10-12-26-67(107)92-45-56(99)44-55(92)27-31-80(4,5)6,50-115-42-29-64(104)86-36-20-33-83-61(101)23-14-17-39-118-78-69(89-53(2)97)75(112)72(109)58(47-94)121-78)51-116-43-30-65(105)87-37-21-34-84-62(102)24-15-18-40-119-79-70(90-54(3)98)76(113)73(110)59(48-95)122-79/h55-59,68-79,93-95,99,108-113H,7-51H2,1-6H3,(H,82,100)(H,83,101)(H,84,102)(H,85,103)(H,86,104)(H,87,105)(H,88,96)(H,89,97)(H,90,98)(H,91,106)/t55-,56-,57?,58?,59?,68?,69?,70?,71?,72?,73?,74?,75?,76?,77?,78?,79?,81?/m1/s1. The highest BCUT2D eigenvalue weighted by Crippen LogP contribution is 2.31. The van der Waals surface area contributed by atoms with Crippen LogP contribution in [0.5, 0.6) is 0 Å². The van der Waals surface area contributed by atoms with Gasteiger partial charge < -0.3 is 152 Å². The molecular formula is C81H145N11O30. The van der Waals surface area contributed by atoms with Crippen molar-refractivity contribution in [3.63, 3.8) is 0 Å². The van der Waals surface area contributed by atoms with Gasteiger partial charge in [-0.1, -0.05) is 46.5 Å². The van der Waals surface area contributed by atoms with E-state index >= 15 is 0 Å². The largest absolute Gasteiger partial charge is 0.394 e. The van der Waals surface area contributed by atoms with Crippen molar-refractivity contribution in [3.8, 4) is 0 Å². The summed E-state index contributed by atoms with van der Waals surface area (Å²) in [5.41, 5.74) is -1.34. The Kier molecular flexibility index (Phi) is 53.1. The van der Waals surface area contributed by atoms with Crippen molar-refractivity contribution in [3.05, 3.63) is 0 Å². The zero-order valence-corrected chi connectivity index (χ0v) is 72.2. The van der Waals surface area contributed by atoms with Crippen molar-refractivity contribution in [1.29, 1.82) is 0 Å². The number of hydrogen-bond acceptors (Lipinski definition) is 30. The summed E-state index contributed by atoms with van der Waals surface area (Å²) in [5, 5.41) is 129. The number of β-amino-alcohol motifs (C(OH)–C–C–N with tert-alkyl or cyclic N) is 1. The molecule has 41 heteroatoms. The maximum atomic E-state index is 14.1. The van der Waals surface area contributed by atoms with Crippen LogP contribution in [0, 0.1) is 5.41 Å². The Morgan fingerprint density at radius 2 is 0.664 bits per heavy atom. The van der Waals surface area contributed by atoms with Gasteiger partial charge >= 0.3 is 0 Å². The van der Waals surface area contributed by atoms with Crippen LogP contribution in [0.15, 0.2) is 0 Å². The Balaban J connectivity index is 1.31. The first-order chi connectivity index (χ1) is 58.2. The lowest BCUT2D eigenvalue weighted by molar-refractivity contribution is -0.270. The molecule has 0 radical (unpaired) electrons. The predicted octanol–water partition coefficient (Wildman–Crippen LogP) is -3.77. The molecule has 4 aliphatic heterocycles. The monoisotopic (exact) mass is 1750 g/mol. The summed E-state index contributed by atoms with van der Waals surface area (Å²) in [6.07, 6.45) is -5.53. The Labute approximate surface area is 715 Å². The van der Waals surface area contributed by atoms with Gasteiger partial charge in [0.2, 0.25) is 65.0 Å². The Hall–Kier alpha value is -6.59. The number of aliphatic hydroxyl groups is 10. The second-order valence-corrected chi connectivity index (χ2v) is 33.0. The molecule has 17 atom stereocenters. The van der Waals surface area contributed by atoms with E-state index in [9.17, 15) is 104 Å². The number of rotatable bonds is 63. The molecule has 0 aromatic rings. The van der Waals surface area contributed by atoms with Gasteiger partial charge in [-0.05, 0) is 95.3 Å². The van der Waals surface area contributed by atoms with Crippen molar-refractivity contribution < 1.29 is 146 Å². The molecule has 41 nitrogen and oxygen atoms in total. The molecule has 15 unspecified atom stereocenters. The van der Waals surface area contributed by atoms with E-state index < -0.39 is 141 Å². The van der Waals surface area contributed by atoms with Gasteiger partial charge in [0.05, 0.1) is 65.6 Å². The van der Waals surface area contributed by atoms with Crippen molar-refractivity contribution in [2.75, 3.05) is 125 Å². The van der Waals surface area contributed by atoms with Crippen LogP contribution in [0.1, 0.15) is 208 Å². The van der Waals surface area contributed by atoms with E-state index in [0.717, 1.165) is 32.1 Å². The van der Waals surface area contributed by atoms with Crippen LogP contribution in [0.2, 0.25) is 0 Å². The summed E-state index contributed by atoms with van der Waals surface area (Å²) in [6.45, 7) is 9.08. The third-order valence-corrected chi connectivity index (χ3v) is 20.9. The summed E-state index contributed by atoms with van der Waals surface area (Å²) < 4.78 is 52.3. The number of carbonyl (C=O) groups is 11. The minimum atomic E-state index is -1.46. The maximum absolute atomic E-state index is 14.1. The van der Waals surface area contributed by atoms with Gasteiger partial charge in [0, 0.05) is 144 Å². The number of ether oxygens (including phenoxy) is 9. The van der Waals surface area contributed by atoms with Gasteiger partial charge in [0.1, 0.15) is 78.6 Å². The molecule has 0 saturated carbocycles. The van der Waals surface area contributed by atoms with Gasteiger partial charge in [-0.2, -0.15) is 0 Å². The normalized spacial score (nSPS) is 25.2. The maximum Gasteiger partial charge on any atom is 0.222 e. The fourth-order valence-electron chi connectivity index (χ4n) is 14.1. The van der Waals surface area contributed by atoms with Crippen LogP contribution < -0.4 is 53.2 Å². The first-order valence-corrected chi connectivity index (χ1v) is 43.4. The number of likely N-dealkylation sites (tertiary alicyclic amines) is 1. The zero-order chi connectivity index (χ0) is 90.0. The number of amides is 11. The van der Waals surface area contributed by atoms with E-state index in [2.05, 4.69) is 73.9 Å². The lowest BCUT2D eigenvalue weighted by atomic mass is 9.88. The summed E-state index contributed by atoms with van der Waals surface area (Å²) in [4.78, 5) is 142. The fraction of sp³-hybridized carbons (Fsp3) is 0.864. The molecule has 0 spiro atoms. The number of unbranched alkanes of at least 4 members (excludes halogenated alkanes) is 8. The smallest absolute Gasteiger partial charge is 0.222 e. The molecule has 122 heavy (non-hydrogen) atoms. The number of aliphatic hydroxyl groups excluding tert-OH is 10. The van der Waals surface area contributed by atoms with Crippen LogP contribution in [-0.4, -0.2) is 356 Å². The summed E-state index contributed by atoms with van der Waals surface area (Å²) in [5.74, 6) is -3.72. The first kappa shape index (κ1) is 108. The second-order valence-electron chi connectivity index (χ2n) is 33.0. The number of nitrogens with zero attached hydrogens (tertiary/aromatic N) is 1. The molecule has 0 aromatic carbocycles. The van der Waals surface area contributed by atoms with Gasteiger partial charge in [-0.15, -0.1) is 0 Å². The van der Waals surface area contributed by atoms with Crippen LogP contribution in [0.4, 0.5) is 0 Å². The van der Waals surface area contributed by atoms with Crippen molar-refractivity contribution in [2.45, 2.75) is 318 Å². The Morgan fingerprint density at radius 3 is 0.975 bits per heavy atom. The number of hydrogen-bond donors (Lipinski definition) is 20. The Morgan fingerprint density at radius 1 is 0.369 bits per heavy atom. The topological polar surface area (TPSA) is 597 Å².